The minimum absolute atomic E-state index is 0.186. The van der Waals surface area contributed by atoms with Gasteiger partial charge in [-0.25, -0.2) is 4.99 Å². The van der Waals surface area contributed by atoms with Gasteiger partial charge in [0.15, 0.2) is 0 Å². The third-order valence-corrected chi connectivity index (χ3v) is 2.99. The average Bonchev–Trinajstić information content (AvgIpc) is 2.54. The van der Waals surface area contributed by atoms with Crippen molar-refractivity contribution in [2.24, 2.45) is 10.1 Å². The fourth-order valence-corrected chi connectivity index (χ4v) is 2.04. The molecule has 1 aliphatic rings. The fraction of sp³-hybridized carbons (Fsp3) is 0.545. The summed E-state index contributed by atoms with van der Waals surface area (Å²) in [4.78, 5) is 4.23. The van der Waals surface area contributed by atoms with Crippen molar-refractivity contribution in [2.45, 2.75) is 31.8 Å². The van der Waals surface area contributed by atoms with Crippen LogP contribution in [0.2, 0.25) is 0 Å². The van der Waals surface area contributed by atoms with Crippen LogP contribution in [0.15, 0.2) is 30.0 Å². The monoisotopic (exact) mass is 240 g/mol. The van der Waals surface area contributed by atoms with Gasteiger partial charge in [-0.3, -0.25) is 5.14 Å². The second-order valence-electron chi connectivity index (χ2n) is 4.53. The zero-order valence-corrected chi connectivity index (χ0v) is 10.7. The molecule has 0 spiro atoms. The van der Waals surface area contributed by atoms with Crippen LogP contribution in [0.25, 0.3) is 0 Å². The van der Waals surface area contributed by atoms with E-state index in [0.29, 0.717) is 16.9 Å². The zero-order chi connectivity index (χ0) is 12.2. The Hall–Kier alpha value is -0.780. The van der Waals surface area contributed by atoms with Crippen LogP contribution in [-0.2, 0) is 0 Å². The maximum atomic E-state index is 5.42. The molecule has 1 saturated heterocycles. The van der Waals surface area contributed by atoms with E-state index in [-0.39, 0.29) is 5.54 Å². The number of nitrogens with two attached hydrogens (primary N) is 1. The topological polar surface area (TPSA) is 62.4 Å². The minimum Gasteiger partial charge on any atom is -0.366 e. The highest BCUT2D eigenvalue weighted by molar-refractivity contribution is 8.12. The Kier molecular flexibility index (Phi) is 4.58. The summed E-state index contributed by atoms with van der Waals surface area (Å²) >= 11 is 1.07. The second-order valence-corrected chi connectivity index (χ2v) is 5.18. The van der Waals surface area contributed by atoms with Crippen LogP contribution in [0, 0.1) is 0 Å². The molecule has 0 aromatic rings. The van der Waals surface area contributed by atoms with Gasteiger partial charge in [0.25, 0.3) is 0 Å². The lowest BCUT2D eigenvalue weighted by Gasteiger charge is -2.17. The molecule has 90 valence electrons. The van der Waals surface area contributed by atoms with Crippen LogP contribution in [-0.4, -0.2) is 23.2 Å². The van der Waals surface area contributed by atoms with Gasteiger partial charge in [0.05, 0.1) is 0 Å². The van der Waals surface area contributed by atoms with Gasteiger partial charge in [-0.1, -0.05) is 13.2 Å². The summed E-state index contributed by atoms with van der Waals surface area (Å²) in [6.45, 7) is 12.8. The first kappa shape index (κ1) is 13.3. The third kappa shape index (κ3) is 4.00. The first-order valence-corrected chi connectivity index (χ1v) is 6.13. The van der Waals surface area contributed by atoms with Gasteiger partial charge in [0, 0.05) is 18.1 Å². The van der Waals surface area contributed by atoms with Crippen LogP contribution in [0.4, 0.5) is 0 Å². The molecular weight excluding hydrogens is 220 g/mol. The van der Waals surface area contributed by atoms with Crippen LogP contribution in [0.3, 0.4) is 0 Å². The maximum Gasteiger partial charge on any atom is 0.120 e. The molecule has 0 saturated carbocycles. The quantitative estimate of drug-likeness (QED) is 0.395. The number of hydrogen-bond donors (Lipinski definition) is 3. The summed E-state index contributed by atoms with van der Waals surface area (Å²) < 4.78 is 0. The van der Waals surface area contributed by atoms with Gasteiger partial charge in [0.2, 0.25) is 0 Å². The molecule has 1 rings (SSSR count). The van der Waals surface area contributed by atoms with Crippen molar-refractivity contribution in [1.82, 2.24) is 10.6 Å². The predicted octanol–water partition coefficient (Wildman–Crippen LogP) is 1.38. The highest BCUT2D eigenvalue weighted by Gasteiger charge is 2.30. The van der Waals surface area contributed by atoms with Gasteiger partial charge in [-0.2, -0.15) is 0 Å². The van der Waals surface area contributed by atoms with Crippen LogP contribution in [0.5, 0.6) is 0 Å². The van der Waals surface area contributed by atoms with Crippen molar-refractivity contribution in [3.63, 3.8) is 0 Å². The maximum absolute atomic E-state index is 5.42. The van der Waals surface area contributed by atoms with Crippen molar-refractivity contribution in [3.8, 4) is 0 Å². The lowest BCUT2D eigenvalue weighted by Crippen LogP contribution is -2.31. The van der Waals surface area contributed by atoms with Crippen LogP contribution in [0.1, 0.15) is 20.3 Å². The summed E-state index contributed by atoms with van der Waals surface area (Å²) in [5.74, 6) is 0.636. The molecule has 5 heteroatoms. The molecular formula is C11H20N4S. The number of nitrogens with zero attached hydrogens (tertiary/aromatic N) is 1. The van der Waals surface area contributed by atoms with Crippen LogP contribution < -0.4 is 15.8 Å². The summed E-state index contributed by atoms with van der Waals surface area (Å²) in [5.41, 5.74) is 0.186. The largest absolute Gasteiger partial charge is 0.366 e. The molecule has 1 heterocycles. The van der Waals surface area contributed by atoms with Crippen molar-refractivity contribution in [3.05, 3.63) is 25.1 Å². The van der Waals surface area contributed by atoms with Crippen LogP contribution >= 0.6 is 11.9 Å². The molecule has 0 aliphatic carbocycles. The van der Waals surface area contributed by atoms with Crippen molar-refractivity contribution < 1.29 is 0 Å². The Labute approximate surface area is 102 Å². The van der Waals surface area contributed by atoms with Gasteiger partial charge in [0.1, 0.15) is 10.9 Å². The second kappa shape index (κ2) is 5.52. The molecule has 0 aromatic heterocycles. The number of rotatable bonds is 4. The Morgan fingerprint density at radius 1 is 1.69 bits per heavy atom. The van der Waals surface area contributed by atoms with E-state index in [1.54, 1.807) is 6.08 Å². The van der Waals surface area contributed by atoms with E-state index in [1.807, 2.05) is 0 Å². The molecule has 1 fully saturated rings. The summed E-state index contributed by atoms with van der Waals surface area (Å²) in [6, 6.07) is 0.375. The lowest BCUT2D eigenvalue weighted by molar-refractivity contribution is 0.449. The summed E-state index contributed by atoms with van der Waals surface area (Å²) in [5, 5.41) is 12.8. The molecule has 1 unspecified atom stereocenters. The van der Waals surface area contributed by atoms with Gasteiger partial charge < -0.3 is 10.6 Å². The van der Waals surface area contributed by atoms with Gasteiger partial charge >= 0.3 is 0 Å². The minimum atomic E-state index is 0.186. The van der Waals surface area contributed by atoms with Gasteiger partial charge in [-0.05, 0) is 38.3 Å². The smallest absolute Gasteiger partial charge is 0.120 e. The van der Waals surface area contributed by atoms with Gasteiger partial charge in [-0.15, -0.1) is 0 Å². The molecule has 1 atom stereocenters. The Morgan fingerprint density at radius 2 is 2.38 bits per heavy atom. The normalized spacial score (nSPS) is 24.2. The molecule has 1 aliphatic heterocycles. The zero-order valence-electron chi connectivity index (χ0n) is 9.92. The van der Waals surface area contributed by atoms with Crippen molar-refractivity contribution >= 4 is 17.0 Å². The van der Waals surface area contributed by atoms with E-state index in [9.17, 15) is 0 Å². The summed E-state index contributed by atoms with van der Waals surface area (Å²) in [7, 11) is 0. The molecule has 4 N–H and O–H groups in total. The fourth-order valence-electron chi connectivity index (χ4n) is 1.78. The van der Waals surface area contributed by atoms with E-state index in [4.69, 9.17) is 5.14 Å². The molecule has 0 bridgehead atoms. The van der Waals surface area contributed by atoms with Crippen molar-refractivity contribution in [2.75, 3.05) is 6.54 Å². The predicted molar refractivity (Wildman–Crippen MR) is 72.2 cm³/mol. The van der Waals surface area contributed by atoms with E-state index < -0.39 is 0 Å². The first-order chi connectivity index (χ1) is 7.46. The highest BCUT2D eigenvalue weighted by Crippen LogP contribution is 2.18. The standard InChI is InChI=1S/C11H20N4S/c1-5-10(16-12)15-8(2)14-9-6-11(3,4)13-7-9/h5,9,13-14H,1-2,6-7,12H2,3-4H3/b15-10+. The molecule has 4 nitrogen and oxygen atoms in total. The average molecular weight is 240 g/mol. The number of aliphatic imine (C=N–C) groups is 1. The van der Waals surface area contributed by atoms with E-state index in [1.165, 1.54) is 0 Å². The molecule has 0 aromatic carbocycles. The summed E-state index contributed by atoms with van der Waals surface area (Å²) in [6.07, 6.45) is 2.68. The van der Waals surface area contributed by atoms with E-state index >= 15 is 0 Å². The Balaban J connectivity index is 2.47. The Morgan fingerprint density at radius 3 is 2.81 bits per heavy atom. The lowest BCUT2D eigenvalue weighted by atomic mass is 10.0. The Bertz CT molecular complexity index is 309. The molecule has 0 radical (unpaired) electrons. The van der Waals surface area contributed by atoms with E-state index in [0.717, 1.165) is 24.9 Å². The van der Waals surface area contributed by atoms with E-state index in [2.05, 4.69) is 42.6 Å². The number of nitrogens with one attached hydrogen (secondary N) is 2. The number of hydrogen-bond acceptors (Lipinski definition) is 5. The molecule has 0 amide bonds. The third-order valence-electron chi connectivity index (χ3n) is 2.49. The van der Waals surface area contributed by atoms with Crippen molar-refractivity contribution in [1.29, 1.82) is 0 Å². The SMILES string of the molecule is C=C/C(=N\C(=C)NC1CNC(C)(C)C1)SN. The highest BCUT2D eigenvalue weighted by atomic mass is 32.2. The molecule has 16 heavy (non-hydrogen) atoms. The first-order valence-electron chi connectivity index (χ1n) is 5.25.